The number of pyridine rings is 1. The van der Waals surface area contributed by atoms with Crippen LogP contribution < -0.4 is 0 Å². The van der Waals surface area contributed by atoms with Crippen LogP contribution in [0.4, 0.5) is 0 Å². The summed E-state index contributed by atoms with van der Waals surface area (Å²) in [4.78, 5) is 24.1. The van der Waals surface area contributed by atoms with E-state index in [0.717, 1.165) is 49.3 Å². The molecule has 0 N–H and O–H groups in total. The van der Waals surface area contributed by atoms with Crippen LogP contribution in [-0.2, 0) is 17.8 Å². The van der Waals surface area contributed by atoms with Crippen LogP contribution in [-0.4, -0.2) is 37.9 Å². The maximum atomic E-state index is 13.1. The highest BCUT2D eigenvalue weighted by molar-refractivity contribution is 5.77. The SMILES string of the molecule is O=C(Cn1ccnc1-c1ccccc1)N1CCCC[C@@H]1CCc1ccccn1. The van der Waals surface area contributed by atoms with Crippen molar-refractivity contribution in [2.45, 2.75) is 44.7 Å². The maximum absolute atomic E-state index is 13.1. The number of carbonyl (C=O) groups is 1. The molecule has 5 nitrogen and oxygen atoms in total. The van der Waals surface area contributed by atoms with Gasteiger partial charge in [-0.15, -0.1) is 0 Å². The Morgan fingerprint density at radius 2 is 1.86 bits per heavy atom. The number of carbonyl (C=O) groups excluding carboxylic acids is 1. The summed E-state index contributed by atoms with van der Waals surface area (Å²) in [5, 5.41) is 0. The Hall–Kier alpha value is -2.95. The first kappa shape index (κ1) is 18.4. The molecule has 1 aliphatic heterocycles. The molecule has 3 aromatic rings. The van der Waals surface area contributed by atoms with E-state index in [4.69, 9.17) is 0 Å². The molecule has 1 atom stereocenters. The normalized spacial score (nSPS) is 16.9. The van der Waals surface area contributed by atoms with Gasteiger partial charge in [-0.25, -0.2) is 4.98 Å². The van der Waals surface area contributed by atoms with Crippen molar-refractivity contribution in [3.63, 3.8) is 0 Å². The Morgan fingerprint density at radius 3 is 2.68 bits per heavy atom. The van der Waals surface area contributed by atoms with E-state index < -0.39 is 0 Å². The number of rotatable bonds is 6. The quantitative estimate of drug-likeness (QED) is 0.656. The zero-order valence-corrected chi connectivity index (χ0v) is 16.1. The van der Waals surface area contributed by atoms with Crippen LogP contribution >= 0.6 is 0 Å². The Bertz CT molecular complexity index is 891. The first-order chi connectivity index (χ1) is 13.8. The second-order valence-electron chi connectivity index (χ2n) is 7.34. The van der Waals surface area contributed by atoms with Gasteiger partial charge in [0.25, 0.3) is 0 Å². The van der Waals surface area contributed by atoms with E-state index in [1.165, 1.54) is 6.42 Å². The van der Waals surface area contributed by atoms with Crippen molar-refractivity contribution in [1.82, 2.24) is 19.4 Å². The first-order valence-corrected chi connectivity index (χ1v) is 10.1. The second kappa shape index (κ2) is 8.83. The summed E-state index contributed by atoms with van der Waals surface area (Å²) < 4.78 is 1.96. The molecule has 0 radical (unpaired) electrons. The van der Waals surface area contributed by atoms with Gasteiger partial charge in [0.1, 0.15) is 12.4 Å². The molecular formula is C23H26N4O. The number of hydrogen-bond acceptors (Lipinski definition) is 3. The summed E-state index contributed by atoms with van der Waals surface area (Å²) in [5.74, 6) is 1.02. The number of likely N-dealkylation sites (tertiary alicyclic amines) is 1. The monoisotopic (exact) mass is 374 g/mol. The van der Waals surface area contributed by atoms with E-state index in [9.17, 15) is 4.79 Å². The lowest BCUT2D eigenvalue weighted by Gasteiger charge is -2.36. The van der Waals surface area contributed by atoms with Crippen LogP contribution in [0.15, 0.2) is 67.1 Å². The van der Waals surface area contributed by atoms with Crippen molar-refractivity contribution in [2.24, 2.45) is 0 Å². The molecule has 5 heteroatoms. The predicted octanol–water partition coefficient (Wildman–Crippen LogP) is 3.96. The minimum Gasteiger partial charge on any atom is -0.338 e. The highest BCUT2D eigenvalue weighted by Gasteiger charge is 2.27. The fourth-order valence-electron chi connectivity index (χ4n) is 4.01. The van der Waals surface area contributed by atoms with Gasteiger partial charge in [-0.2, -0.15) is 0 Å². The lowest BCUT2D eigenvalue weighted by molar-refractivity contribution is -0.135. The van der Waals surface area contributed by atoms with Gasteiger partial charge in [-0.05, 0) is 44.2 Å². The third-order valence-electron chi connectivity index (χ3n) is 5.46. The zero-order chi connectivity index (χ0) is 19.2. The molecule has 1 aliphatic rings. The number of imidazole rings is 1. The van der Waals surface area contributed by atoms with Crippen LogP contribution in [0, 0.1) is 0 Å². The average Bonchev–Trinajstić information content (AvgIpc) is 3.22. The van der Waals surface area contributed by atoms with Gasteiger partial charge in [0, 0.05) is 42.4 Å². The van der Waals surface area contributed by atoms with Crippen LogP contribution in [0.5, 0.6) is 0 Å². The number of hydrogen-bond donors (Lipinski definition) is 0. The molecule has 0 aliphatic carbocycles. The molecule has 0 saturated carbocycles. The molecule has 28 heavy (non-hydrogen) atoms. The molecule has 1 amide bonds. The average molecular weight is 374 g/mol. The number of amides is 1. The lowest BCUT2D eigenvalue weighted by atomic mass is 9.97. The van der Waals surface area contributed by atoms with Crippen molar-refractivity contribution in [3.8, 4) is 11.4 Å². The number of aryl methyl sites for hydroxylation is 1. The van der Waals surface area contributed by atoms with E-state index >= 15 is 0 Å². The molecule has 0 spiro atoms. The van der Waals surface area contributed by atoms with Gasteiger partial charge < -0.3 is 9.47 Å². The number of piperidine rings is 1. The third-order valence-corrected chi connectivity index (χ3v) is 5.46. The molecule has 0 unspecified atom stereocenters. The Labute approximate surface area is 166 Å². The number of nitrogens with zero attached hydrogens (tertiary/aromatic N) is 4. The van der Waals surface area contributed by atoms with Crippen LogP contribution in [0.25, 0.3) is 11.4 Å². The van der Waals surface area contributed by atoms with E-state index in [1.807, 2.05) is 59.4 Å². The van der Waals surface area contributed by atoms with Gasteiger partial charge in [0.05, 0.1) is 0 Å². The smallest absolute Gasteiger partial charge is 0.242 e. The lowest BCUT2D eigenvalue weighted by Crippen LogP contribution is -2.45. The van der Waals surface area contributed by atoms with Crippen molar-refractivity contribution >= 4 is 5.91 Å². The highest BCUT2D eigenvalue weighted by Crippen LogP contribution is 2.23. The minimum absolute atomic E-state index is 0.181. The summed E-state index contributed by atoms with van der Waals surface area (Å²) >= 11 is 0. The largest absolute Gasteiger partial charge is 0.338 e. The van der Waals surface area contributed by atoms with Gasteiger partial charge in [-0.3, -0.25) is 9.78 Å². The highest BCUT2D eigenvalue weighted by atomic mass is 16.2. The zero-order valence-electron chi connectivity index (χ0n) is 16.1. The first-order valence-electron chi connectivity index (χ1n) is 10.1. The minimum atomic E-state index is 0.181. The van der Waals surface area contributed by atoms with Crippen molar-refractivity contribution in [1.29, 1.82) is 0 Å². The number of benzene rings is 1. The predicted molar refractivity (Wildman–Crippen MR) is 110 cm³/mol. The third kappa shape index (κ3) is 4.30. The number of aromatic nitrogens is 3. The van der Waals surface area contributed by atoms with Gasteiger partial charge >= 0.3 is 0 Å². The Kier molecular flexibility index (Phi) is 5.80. The van der Waals surface area contributed by atoms with Gasteiger partial charge in [-0.1, -0.05) is 36.4 Å². The summed E-state index contributed by atoms with van der Waals surface area (Å²) in [6.45, 7) is 1.19. The molecule has 2 aromatic heterocycles. The second-order valence-corrected chi connectivity index (χ2v) is 7.34. The molecule has 1 aromatic carbocycles. The molecule has 3 heterocycles. The summed E-state index contributed by atoms with van der Waals surface area (Å²) in [6.07, 6.45) is 10.7. The molecule has 1 fully saturated rings. The fraction of sp³-hybridized carbons (Fsp3) is 0.348. The fourth-order valence-corrected chi connectivity index (χ4v) is 4.01. The summed E-state index contributed by atoms with van der Waals surface area (Å²) in [6, 6.07) is 16.4. The Morgan fingerprint density at radius 1 is 1.00 bits per heavy atom. The van der Waals surface area contributed by atoms with Crippen LogP contribution in [0.3, 0.4) is 0 Å². The maximum Gasteiger partial charge on any atom is 0.242 e. The van der Waals surface area contributed by atoms with E-state index in [2.05, 4.69) is 20.9 Å². The van der Waals surface area contributed by atoms with Crippen LogP contribution in [0.2, 0.25) is 0 Å². The molecule has 0 bridgehead atoms. The van der Waals surface area contributed by atoms with Crippen molar-refractivity contribution in [3.05, 3.63) is 72.8 Å². The van der Waals surface area contributed by atoms with Crippen LogP contribution in [0.1, 0.15) is 31.4 Å². The van der Waals surface area contributed by atoms with E-state index in [0.29, 0.717) is 12.6 Å². The van der Waals surface area contributed by atoms with E-state index in [1.54, 1.807) is 6.20 Å². The van der Waals surface area contributed by atoms with Crippen molar-refractivity contribution < 1.29 is 4.79 Å². The summed E-state index contributed by atoms with van der Waals surface area (Å²) in [7, 11) is 0. The van der Waals surface area contributed by atoms with E-state index in [-0.39, 0.29) is 5.91 Å². The molecule has 1 saturated heterocycles. The topological polar surface area (TPSA) is 51.0 Å². The molecular weight excluding hydrogens is 348 g/mol. The summed E-state index contributed by atoms with van der Waals surface area (Å²) in [5.41, 5.74) is 2.13. The molecule has 4 rings (SSSR count). The van der Waals surface area contributed by atoms with Crippen molar-refractivity contribution in [2.75, 3.05) is 6.54 Å². The standard InChI is InChI=1S/C23H26N4O/c28-22(18-26-17-15-25-23(26)19-8-2-1-3-9-19)27-16-7-5-11-21(27)13-12-20-10-4-6-14-24-20/h1-4,6,8-10,14-15,17,21H,5,7,11-13,16,18H2/t21-/m1/s1. The Balaban J connectivity index is 1.44. The van der Waals surface area contributed by atoms with Gasteiger partial charge in [0.2, 0.25) is 5.91 Å². The molecule has 144 valence electrons. The van der Waals surface area contributed by atoms with Gasteiger partial charge in [0.15, 0.2) is 0 Å².